The van der Waals surface area contributed by atoms with Crippen LogP contribution in [0, 0.1) is 5.82 Å². The largest absolute Gasteiger partial charge is 0.496 e. The molecule has 2 aromatic rings. The van der Waals surface area contributed by atoms with Crippen molar-refractivity contribution in [2.45, 2.75) is 19.6 Å². The molecule has 7 nitrogen and oxygen atoms in total. The van der Waals surface area contributed by atoms with Crippen molar-refractivity contribution in [2.75, 3.05) is 27.8 Å². The molecule has 2 rings (SSSR count). The maximum atomic E-state index is 13.0. The molecule has 0 amide bonds. The number of hydrogen-bond acceptors (Lipinski definition) is 5. The van der Waals surface area contributed by atoms with E-state index in [-0.39, 0.29) is 11.9 Å². The van der Waals surface area contributed by atoms with E-state index >= 15 is 0 Å². The number of aliphatic imine (C=N–C) groups is 1. The van der Waals surface area contributed by atoms with Gasteiger partial charge in [-0.15, -0.1) is 0 Å². The molecule has 156 valence electrons. The van der Waals surface area contributed by atoms with Gasteiger partial charge in [-0.2, -0.15) is 0 Å². The molecule has 0 heterocycles. The second-order valence-corrected chi connectivity index (χ2v) is 6.22. The van der Waals surface area contributed by atoms with Crippen molar-refractivity contribution < 1.29 is 23.4 Å². The van der Waals surface area contributed by atoms with Crippen LogP contribution < -0.4 is 20.1 Å². The van der Waals surface area contributed by atoms with Crippen molar-refractivity contribution in [3.05, 3.63) is 59.4 Å². The highest BCUT2D eigenvalue weighted by atomic mass is 19.1. The van der Waals surface area contributed by atoms with Gasteiger partial charge in [0, 0.05) is 13.6 Å². The van der Waals surface area contributed by atoms with E-state index in [2.05, 4.69) is 15.6 Å². The van der Waals surface area contributed by atoms with Crippen molar-refractivity contribution in [2.24, 2.45) is 4.99 Å². The van der Waals surface area contributed by atoms with E-state index in [1.54, 1.807) is 31.3 Å². The SMILES string of the molecule is CN=C(NCc1ccc(OC)c(C(=O)OC)c1)NCC(C)Oc1ccc(F)cc1. The zero-order valence-corrected chi connectivity index (χ0v) is 17.0. The standard InChI is InChI=1S/C21H26FN3O4/c1-14(29-17-8-6-16(22)7-9-17)12-24-21(23-2)25-13-15-5-10-19(27-3)18(11-15)20(26)28-4/h5-11,14H,12-13H2,1-4H3,(H2,23,24,25). The number of halogens is 1. The lowest BCUT2D eigenvalue weighted by Crippen LogP contribution is -2.41. The van der Waals surface area contributed by atoms with Gasteiger partial charge < -0.3 is 24.8 Å². The van der Waals surface area contributed by atoms with E-state index < -0.39 is 5.97 Å². The molecule has 1 unspecified atom stereocenters. The molecular weight excluding hydrogens is 377 g/mol. The fourth-order valence-electron chi connectivity index (χ4n) is 2.57. The quantitative estimate of drug-likeness (QED) is 0.401. The summed E-state index contributed by atoms with van der Waals surface area (Å²) in [5, 5.41) is 6.34. The molecule has 1 atom stereocenters. The second kappa shape index (κ2) is 10.9. The van der Waals surface area contributed by atoms with Crippen molar-refractivity contribution in [1.29, 1.82) is 0 Å². The number of ether oxygens (including phenoxy) is 3. The monoisotopic (exact) mass is 403 g/mol. The molecule has 0 aromatic heterocycles. The maximum absolute atomic E-state index is 13.0. The third kappa shape index (κ3) is 6.67. The fourth-order valence-corrected chi connectivity index (χ4v) is 2.57. The molecule has 0 aliphatic heterocycles. The van der Waals surface area contributed by atoms with Crippen molar-refractivity contribution in [1.82, 2.24) is 10.6 Å². The van der Waals surface area contributed by atoms with Gasteiger partial charge in [-0.25, -0.2) is 9.18 Å². The van der Waals surface area contributed by atoms with Gasteiger partial charge in [0.2, 0.25) is 0 Å². The minimum atomic E-state index is -0.460. The van der Waals surface area contributed by atoms with Crippen LogP contribution in [0.2, 0.25) is 0 Å². The van der Waals surface area contributed by atoms with Crippen LogP contribution in [0.15, 0.2) is 47.5 Å². The smallest absolute Gasteiger partial charge is 0.341 e. The molecule has 0 aliphatic carbocycles. The van der Waals surface area contributed by atoms with E-state index in [0.717, 1.165) is 5.56 Å². The highest BCUT2D eigenvalue weighted by molar-refractivity contribution is 5.92. The molecule has 0 aliphatic rings. The van der Waals surface area contributed by atoms with Crippen LogP contribution in [0.5, 0.6) is 11.5 Å². The van der Waals surface area contributed by atoms with E-state index in [9.17, 15) is 9.18 Å². The minimum absolute atomic E-state index is 0.161. The first-order chi connectivity index (χ1) is 14.0. The number of hydrogen-bond donors (Lipinski definition) is 2. The molecule has 0 fully saturated rings. The summed E-state index contributed by atoms with van der Waals surface area (Å²) in [4.78, 5) is 16.1. The first-order valence-corrected chi connectivity index (χ1v) is 9.08. The molecule has 0 radical (unpaired) electrons. The molecule has 8 heteroatoms. The van der Waals surface area contributed by atoms with E-state index in [0.29, 0.717) is 36.1 Å². The molecule has 2 aromatic carbocycles. The fraction of sp³-hybridized carbons (Fsp3) is 0.333. The molecular formula is C21H26FN3O4. The van der Waals surface area contributed by atoms with Crippen LogP contribution in [0.1, 0.15) is 22.8 Å². The van der Waals surface area contributed by atoms with Crippen LogP contribution in [0.4, 0.5) is 4.39 Å². The van der Waals surface area contributed by atoms with Gasteiger partial charge in [0.25, 0.3) is 0 Å². The Bertz CT molecular complexity index is 840. The van der Waals surface area contributed by atoms with Gasteiger partial charge in [-0.1, -0.05) is 6.07 Å². The topological polar surface area (TPSA) is 81.2 Å². The Balaban J connectivity index is 1.88. The average molecular weight is 403 g/mol. The molecule has 2 N–H and O–H groups in total. The molecule has 29 heavy (non-hydrogen) atoms. The summed E-state index contributed by atoms with van der Waals surface area (Å²) in [6, 6.07) is 11.2. The normalized spacial score (nSPS) is 12.1. The first kappa shape index (κ1) is 22.0. The first-order valence-electron chi connectivity index (χ1n) is 9.08. The van der Waals surface area contributed by atoms with Crippen LogP contribution in [0.25, 0.3) is 0 Å². The van der Waals surface area contributed by atoms with Crippen molar-refractivity contribution in [3.63, 3.8) is 0 Å². The van der Waals surface area contributed by atoms with Gasteiger partial charge in [-0.05, 0) is 48.9 Å². The Morgan fingerprint density at radius 3 is 2.48 bits per heavy atom. The van der Waals surface area contributed by atoms with Gasteiger partial charge >= 0.3 is 5.97 Å². The number of carbonyl (C=O) groups excluding carboxylic acids is 1. The summed E-state index contributed by atoms with van der Waals surface area (Å²) < 4.78 is 28.7. The van der Waals surface area contributed by atoms with Gasteiger partial charge in [0.15, 0.2) is 5.96 Å². The highest BCUT2D eigenvalue weighted by Gasteiger charge is 2.13. The third-order valence-corrected chi connectivity index (χ3v) is 4.06. The number of rotatable bonds is 8. The third-order valence-electron chi connectivity index (χ3n) is 4.06. The summed E-state index contributed by atoms with van der Waals surface area (Å²) in [5.41, 5.74) is 1.23. The van der Waals surface area contributed by atoms with Crippen LogP contribution in [0.3, 0.4) is 0 Å². The average Bonchev–Trinajstić information content (AvgIpc) is 2.74. The van der Waals surface area contributed by atoms with Gasteiger partial charge in [-0.3, -0.25) is 4.99 Å². The number of nitrogens with one attached hydrogen (secondary N) is 2. The molecule has 0 saturated heterocycles. The number of carbonyl (C=O) groups is 1. The zero-order chi connectivity index (χ0) is 21.2. The lowest BCUT2D eigenvalue weighted by Gasteiger charge is -2.18. The van der Waals surface area contributed by atoms with E-state index in [4.69, 9.17) is 14.2 Å². The predicted octanol–water partition coefficient (Wildman–Crippen LogP) is 2.75. The Labute approximate surface area is 169 Å². The highest BCUT2D eigenvalue weighted by Crippen LogP contribution is 2.20. The van der Waals surface area contributed by atoms with E-state index in [1.165, 1.54) is 26.4 Å². The maximum Gasteiger partial charge on any atom is 0.341 e. The molecule has 0 saturated carbocycles. The van der Waals surface area contributed by atoms with Crippen molar-refractivity contribution in [3.8, 4) is 11.5 Å². The Morgan fingerprint density at radius 1 is 1.14 bits per heavy atom. The Kier molecular flexibility index (Phi) is 8.27. The lowest BCUT2D eigenvalue weighted by atomic mass is 10.1. The van der Waals surface area contributed by atoms with Crippen molar-refractivity contribution >= 4 is 11.9 Å². The lowest BCUT2D eigenvalue weighted by molar-refractivity contribution is 0.0597. The van der Waals surface area contributed by atoms with Gasteiger partial charge in [0.1, 0.15) is 29.0 Å². The number of esters is 1. The van der Waals surface area contributed by atoms with Gasteiger partial charge in [0.05, 0.1) is 20.8 Å². The summed E-state index contributed by atoms with van der Waals surface area (Å²) in [6.45, 7) is 2.84. The summed E-state index contributed by atoms with van der Waals surface area (Å²) in [5.74, 6) is 0.863. The number of methoxy groups -OCH3 is 2. The molecule has 0 spiro atoms. The molecule has 0 bridgehead atoms. The van der Waals surface area contributed by atoms with Crippen LogP contribution in [-0.2, 0) is 11.3 Å². The second-order valence-electron chi connectivity index (χ2n) is 6.22. The Morgan fingerprint density at radius 2 is 1.86 bits per heavy atom. The Hall–Kier alpha value is -3.29. The van der Waals surface area contributed by atoms with E-state index in [1.807, 2.05) is 13.0 Å². The predicted molar refractivity (Wildman–Crippen MR) is 109 cm³/mol. The number of guanidine groups is 1. The van der Waals surface area contributed by atoms with Crippen LogP contribution in [-0.4, -0.2) is 45.8 Å². The zero-order valence-electron chi connectivity index (χ0n) is 17.0. The summed E-state index contributed by atoms with van der Waals surface area (Å²) in [6.07, 6.45) is -0.161. The number of benzene rings is 2. The summed E-state index contributed by atoms with van der Waals surface area (Å²) in [7, 11) is 4.49. The number of nitrogens with zero attached hydrogens (tertiary/aromatic N) is 1. The summed E-state index contributed by atoms with van der Waals surface area (Å²) >= 11 is 0. The minimum Gasteiger partial charge on any atom is -0.496 e. The van der Waals surface area contributed by atoms with Crippen LogP contribution >= 0.6 is 0 Å².